The minimum absolute atomic E-state index is 0.00639. The molecular formula is C18H30O2. The Morgan fingerprint density at radius 2 is 1.85 bits per heavy atom. The Hall–Kier alpha value is -1.05. The molecule has 0 saturated heterocycles. The average molecular weight is 278 g/mol. The van der Waals surface area contributed by atoms with E-state index < -0.39 is 5.60 Å². The molecule has 0 N–H and O–H groups in total. The number of carbonyl (C=O) groups is 1. The van der Waals surface area contributed by atoms with Gasteiger partial charge in [0.25, 0.3) is 0 Å². The van der Waals surface area contributed by atoms with E-state index in [1.807, 2.05) is 20.8 Å². The Morgan fingerprint density at radius 1 is 1.30 bits per heavy atom. The third-order valence-electron chi connectivity index (χ3n) is 5.54. The number of hydrogen-bond donors (Lipinski definition) is 0. The molecule has 1 saturated carbocycles. The maximum atomic E-state index is 11.6. The summed E-state index contributed by atoms with van der Waals surface area (Å²) >= 11 is 0. The first kappa shape index (κ1) is 17.0. The van der Waals surface area contributed by atoms with Gasteiger partial charge in [0.15, 0.2) is 0 Å². The monoisotopic (exact) mass is 278 g/mol. The predicted molar refractivity (Wildman–Crippen MR) is 84.4 cm³/mol. The molecule has 1 rings (SSSR count). The second kappa shape index (κ2) is 5.75. The molecule has 1 fully saturated rings. The highest BCUT2D eigenvalue weighted by Crippen LogP contribution is 2.55. The maximum absolute atomic E-state index is 11.6. The zero-order valence-corrected chi connectivity index (χ0v) is 13.8. The summed E-state index contributed by atoms with van der Waals surface area (Å²) in [6.07, 6.45) is 7.63. The van der Waals surface area contributed by atoms with Crippen LogP contribution in [0.1, 0.15) is 60.3 Å². The van der Waals surface area contributed by atoms with Crippen molar-refractivity contribution in [3.8, 4) is 0 Å². The van der Waals surface area contributed by atoms with Crippen LogP contribution >= 0.6 is 0 Å². The molecule has 0 radical (unpaired) electrons. The van der Waals surface area contributed by atoms with Gasteiger partial charge in [-0.15, -0.1) is 13.2 Å². The molecule has 114 valence electrons. The van der Waals surface area contributed by atoms with Crippen LogP contribution in [0.15, 0.2) is 25.3 Å². The van der Waals surface area contributed by atoms with Crippen molar-refractivity contribution in [3.63, 3.8) is 0 Å². The Balaban J connectivity index is 2.95. The molecule has 0 unspecified atom stereocenters. The van der Waals surface area contributed by atoms with Crippen LogP contribution in [0.4, 0.5) is 0 Å². The lowest BCUT2D eigenvalue weighted by Gasteiger charge is -2.52. The molecule has 0 spiro atoms. The Morgan fingerprint density at radius 3 is 2.30 bits per heavy atom. The zero-order chi connectivity index (χ0) is 15.6. The fraction of sp³-hybridized carbons (Fsp3) is 0.722. The molecule has 0 amide bonds. The number of esters is 1. The van der Waals surface area contributed by atoms with E-state index in [4.69, 9.17) is 4.74 Å². The molecule has 0 aromatic rings. The quantitative estimate of drug-likeness (QED) is 0.528. The van der Waals surface area contributed by atoms with E-state index in [1.54, 1.807) is 0 Å². The number of allylic oxidation sites excluding steroid dienone is 2. The minimum Gasteiger partial charge on any atom is -0.459 e. The zero-order valence-electron chi connectivity index (χ0n) is 13.8. The van der Waals surface area contributed by atoms with Crippen molar-refractivity contribution >= 4 is 5.97 Å². The van der Waals surface area contributed by atoms with Crippen LogP contribution in [0.3, 0.4) is 0 Å². The first-order chi connectivity index (χ1) is 9.14. The number of hydrogen-bond acceptors (Lipinski definition) is 2. The molecule has 1 aliphatic carbocycles. The van der Waals surface area contributed by atoms with Crippen molar-refractivity contribution in [2.24, 2.45) is 16.7 Å². The highest BCUT2D eigenvalue weighted by Gasteiger charge is 2.49. The Labute approximate surface area is 124 Å². The largest absolute Gasteiger partial charge is 0.459 e. The Bertz CT molecular complexity index is 396. The van der Waals surface area contributed by atoms with Crippen molar-refractivity contribution in [1.82, 2.24) is 0 Å². The van der Waals surface area contributed by atoms with Crippen LogP contribution in [0.5, 0.6) is 0 Å². The lowest BCUT2D eigenvalue weighted by atomic mass is 9.53. The molecule has 2 nitrogen and oxygen atoms in total. The fourth-order valence-electron chi connectivity index (χ4n) is 3.30. The standard InChI is InChI=1S/C18H30O2/c1-8-15(19)20-16(4,5)14-11-12-17(6,9-2)18(7,10-3)13-14/h9-10,14H,2-3,8,11-13H2,1,4-7H3/t14-,17-,18-/m1/s1. The smallest absolute Gasteiger partial charge is 0.306 e. The van der Waals surface area contributed by atoms with Crippen LogP contribution in [-0.2, 0) is 9.53 Å². The van der Waals surface area contributed by atoms with Crippen LogP contribution in [-0.4, -0.2) is 11.6 Å². The summed E-state index contributed by atoms with van der Waals surface area (Å²) < 4.78 is 5.67. The molecule has 0 bridgehead atoms. The van der Waals surface area contributed by atoms with Gasteiger partial charge in [0, 0.05) is 6.42 Å². The van der Waals surface area contributed by atoms with Gasteiger partial charge in [0.05, 0.1) is 0 Å². The van der Waals surface area contributed by atoms with E-state index >= 15 is 0 Å². The van der Waals surface area contributed by atoms with Gasteiger partial charge in [-0.25, -0.2) is 0 Å². The molecular weight excluding hydrogens is 248 g/mol. The first-order valence-corrected chi connectivity index (χ1v) is 7.63. The fourth-order valence-corrected chi connectivity index (χ4v) is 3.30. The van der Waals surface area contributed by atoms with Gasteiger partial charge in [0.2, 0.25) is 0 Å². The molecule has 20 heavy (non-hydrogen) atoms. The third kappa shape index (κ3) is 2.99. The number of rotatable bonds is 5. The molecule has 0 aromatic heterocycles. The number of carbonyl (C=O) groups excluding carboxylic acids is 1. The molecule has 0 aromatic carbocycles. The van der Waals surface area contributed by atoms with Crippen molar-refractivity contribution in [3.05, 3.63) is 25.3 Å². The lowest BCUT2D eigenvalue weighted by molar-refractivity contribution is -0.165. The second-order valence-electron chi connectivity index (χ2n) is 7.11. The van der Waals surface area contributed by atoms with Crippen molar-refractivity contribution < 1.29 is 9.53 Å². The van der Waals surface area contributed by atoms with Crippen LogP contribution in [0.2, 0.25) is 0 Å². The molecule has 0 aliphatic heterocycles. The van der Waals surface area contributed by atoms with Gasteiger partial charge in [-0.1, -0.05) is 32.9 Å². The number of ether oxygens (including phenoxy) is 1. The van der Waals surface area contributed by atoms with Crippen LogP contribution < -0.4 is 0 Å². The second-order valence-corrected chi connectivity index (χ2v) is 7.11. The topological polar surface area (TPSA) is 26.3 Å². The van der Waals surface area contributed by atoms with Crippen molar-refractivity contribution in [2.75, 3.05) is 0 Å². The van der Waals surface area contributed by atoms with Gasteiger partial charge >= 0.3 is 5.97 Å². The summed E-state index contributed by atoms with van der Waals surface area (Å²) in [6, 6.07) is 0. The average Bonchev–Trinajstić information content (AvgIpc) is 2.41. The highest BCUT2D eigenvalue weighted by atomic mass is 16.6. The van der Waals surface area contributed by atoms with E-state index in [2.05, 4.69) is 39.2 Å². The van der Waals surface area contributed by atoms with Crippen molar-refractivity contribution in [1.29, 1.82) is 0 Å². The highest BCUT2D eigenvalue weighted by molar-refractivity contribution is 5.69. The van der Waals surface area contributed by atoms with Crippen molar-refractivity contribution in [2.45, 2.75) is 65.9 Å². The van der Waals surface area contributed by atoms with Gasteiger partial charge in [-0.3, -0.25) is 4.79 Å². The SMILES string of the molecule is C=C[C@]1(C)CC[C@@H](C(C)(C)OC(=O)CC)C[C@@]1(C)C=C. The molecule has 3 atom stereocenters. The third-order valence-corrected chi connectivity index (χ3v) is 5.54. The normalized spacial score (nSPS) is 34.4. The van der Waals surface area contributed by atoms with Gasteiger partial charge in [0.1, 0.15) is 5.60 Å². The van der Waals surface area contributed by atoms with E-state index in [9.17, 15) is 4.79 Å². The van der Waals surface area contributed by atoms with Gasteiger partial charge < -0.3 is 4.74 Å². The van der Waals surface area contributed by atoms with Crippen LogP contribution in [0, 0.1) is 16.7 Å². The summed E-state index contributed by atoms with van der Waals surface area (Å²) in [5.41, 5.74) is -0.358. The summed E-state index contributed by atoms with van der Waals surface area (Å²) in [5, 5.41) is 0. The first-order valence-electron chi connectivity index (χ1n) is 7.63. The summed E-state index contributed by atoms with van der Waals surface area (Å²) in [7, 11) is 0. The molecule has 1 aliphatic rings. The Kier molecular flexibility index (Phi) is 4.89. The van der Waals surface area contributed by atoms with Gasteiger partial charge in [-0.2, -0.15) is 0 Å². The summed E-state index contributed by atoms with van der Waals surface area (Å²) in [4.78, 5) is 11.6. The minimum atomic E-state index is -0.417. The predicted octanol–water partition coefficient (Wildman–Crippen LogP) is 4.90. The summed E-state index contributed by atoms with van der Waals surface area (Å²) in [6.45, 7) is 18.4. The summed E-state index contributed by atoms with van der Waals surface area (Å²) in [5.74, 6) is 0.237. The van der Waals surface area contributed by atoms with E-state index in [0.29, 0.717) is 12.3 Å². The maximum Gasteiger partial charge on any atom is 0.306 e. The van der Waals surface area contributed by atoms with Gasteiger partial charge in [-0.05, 0) is 49.9 Å². The van der Waals surface area contributed by atoms with E-state index in [0.717, 1.165) is 19.3 Å². The van der Waals surface area contributed by atoms with E-state index in [1.165, 1.54) is 0 Å². The lowest BCUT2D eigenvalue weighted by Crippen LogP contribution is -2.47. The molecule has 0 heterocycles. The molecule has 2 heteroatoms. The van der Waals surface area contributed by atoms with E-state index in [-0.39, 0.29) is 16.8 Å². The van der Waals surface area contributed by atoms with Crippen LogP contribution in [0.25, 0.3) is 0 Å².